The summed E-state index contributed by atoms with van der Waals surface area (Å²) in [7, 11) is 0. The van der Waals surface area contributed by atoms with Gasteiger partial charge in [0.15, 0.2) is 0 Å². The SMILES string of the molecule is C1CC2CCC1C2.NNC(=O)NN. The molecule has 2 aliphatic rings. The van der Waals surface area contributed by atoms with Crippen LogP contribution in [-0.2, 0) is 0 Å². The Hall–Kier alpha value is -0.810. The molecule has 0 aromatic carbocycles. The van der Waals surface area contributed by atoms with E-state index in [1.54, 1.807) is 43.0 Å². The van der Waals surface area contributed by atoms with E-state index in [9.17, 15) is 4.79 Å². The third-order valence-electron chi connectivity index (χ3n) is 2.90. The molecule has 0 aliphatic heterocycles. The summed E-state index contributed by atoms with van der Waals surface area (Å²) in [5, 5.41) is 0. The second-order valence-corrected chi connectivity index (χ2v) is 3.74. The molecule has 2 rings (SSSR count). The number of hydrazine groups is 2. The first kappa shape index (κ1) is 10.3. The van der Waals surface area contributed by atoms with E-state index < -0.39 is 6.03 Å². The minimum atomic E-state index is -0.602. The van der Waals surface area contributed by atoms with E-state index in [0.717, 1.165) is 0 Å². The lowest BCUT2D eigenvalue weighted by Gasteiger charge is -2.05. The van der Waals surface area contributed by atoms with Crippen LogP contribution in [-0.4, -0.2) is 6.03 Å². The molecule has 2 fully saturated rings. The highest BCUT2D eigenvalue weighted by Crippen LogP contribution is 2.43. The third-order valence-corrected chi connectivity index (χ3v) is 2.90. The Morgan fingerprint density at radius 3 is 1.46 bits per heavy atom. The normalized spacial score (nSPS) is 29.1. The zero-order valence-electron chi connectivity index (χ0n) is 7.75. The fourth-order valence-corrected chi connectivity index (χ4v) is 2.22. The predicted octanol–water partition coefficient (Wildman–Crippen LogP) is 0.230. The molecule has 0 aromatic heterocycles. The van der Waals surface area contributed by atoms with Crippen LogP contribution in [0.4, 0.5) is 4.79 Å². The highest BCUT2D eigenvalue weighted by Gasteiger charge is 2.30. The van der Waals surface area contributed by atoms with Crippen molar-refractivity contribution in [1.29, 1.82) is 0 Å². The minimum Gasteiger partial charge on any atom is -0.275 e. The quantitative estimate of drug-likeness (QED) is 0.248. The Bertz CT molecular complexity index is 150. The summed E-state index contributed by atoms with van der Waals surface area (Å²) < 4.78 is 0. The fraction of sp³-hybridized carbons (Fsp3) is 0.875. The first-order valence-electron chi connectivity index (χ1n) is 4.73. The maximum Gasteiger partial charge on any atom is 0.343 e. The number of amides is 2. The first-order valence-corrected chi connectivity index (χ1v) is 4.73. The molecule has 2 saturated carbocycles. The van der Waals surface area contributed by atoms with Gasteiger partial charge in [-0.05, 0) is 18.3 Å². The molecule has 6 N–H and O–H groups in total. The Labute approximate surface area is 78.2 Å². The Balaban J connectivity index is 0.000000133. The van der Waals surface area contributed by atoms with Gasteiger partial charge in [0.25, 0.3) is 0 Å². The molecule has 0 saturated heterocycles. The lowest BCUT2D eigenvalue weighted by molar-refractivity contribution is 0.241. The summed E-state index contributed by atoms with van der Waals surface area (Å²) in [6.45, 7) is 0. The van der Waals surface area contributed by atoms with Crippen LogP contribution in [0.5, 0.6) is 0 Å². The predicted molar refractivity (Wildman–Crippen MR) is 50.1 cm³/mol. The highest BCUT2D eigenvalue weighted by atomic mass is 16.2. The number of nitrogens with one attached hydrogen (secondary N) is 2. The Morgan fingerprint density at radius 2 is 1.38 bits per heavy atom. The zero-order valence-corrected chi connectivity index (χ0v) is 7.75. The van der Waals surface area contributed by atoms with Crippen LogP contribution in [0.25, 0.3) is 0 Å². The molecular weight excluding hydrogens is 168 g/mol. The van der Waals surface area contributed by atoms with E-state index >= 15 is 0 Å². The molecule has 13 heavy (non-hydrogen) atoms. The molecule has 0 heterocycles. The van der Waals surface area contributed by atoms with Crippen molar-refractivity contribution in [2.75, 3.05) is 0 Å². The van der Waals surface area contributed by atoms with Gasteiger partial charge in [0.2, 0.25) is 0 Å². The lowest BCUT2D eigenvalue weighted by atomic mass is 10.0. The van der Waals surface area contributed by atoms with Gasteiger partial charge in [0.05, 0.1) is 0 Å². The van der Waals surface area contributed by atoms with Crippen LogP contribution >= 0.6 is 0 Å². The third kappa shape index (κ3) is 3.20. The van der Waals surface area contributed by atoms with E-state index in [-0.39, 0.29) is 0 Å². The van der Waals surface area contributed by atoms with Gasteiger partial charge in [0, 0.05) is 0 Å². The van der Waals surface area contributed by atoms with Crippen molar-refractivity contribution in [2.45, 2.75) is 32.1 Å². The molecule has 2 bridgehead atoms. The number of carbonyl (C=O) groups excluding carboxylic acids is 1. The monoisotopic (exact) mass is 186 g/mol. The van der Waals surface area contributed by atoms with Crippen LogP contribution in [0.3, 0.4) is 0 Å². The highest BCUT2D eigenvalue weighted by molar-refractivity contribution is 5.72. The van der Waals surface area contributed by atoms with Gasteiger partial charge in [-0.15, -0.1) is 0 Å². The van der Waals surface area contributed by atoms with Crippen LogP contribution < -0.4 is 22.5 Å². The second-order valence-electron chi connectivity index (χ2n) is 3.74. The van der Waals surface area contributed by atoms with Gasteiger partial charge in [-0.25, -0.2) is 16.5 Å². The van der Waals surface area contributed by atoms with Crippen molar-refractivity contribution >= 4 is 6.03 Å². The number of carbonyl (C=O) groups is 1. The minimum absolute atomic E-state index is 0.602. The molecular formula is C8H18N4O. The summed E-state index contributed by atoms with van der Waals surface area (Å²) in [5.41, 5.74) is 3.48. The number of fused-ring (bicyclic) bond motifs is 2. The number of hydrogen-bond donors (Lipinski definition) is 4. The second kappa shape index (κ2) is 5.04. The van der Waals surface area contributed by atoms with Gasteiger partial charge in [0.1, 0.15) is 0 Å². The van der Waals surface area contributed by atoms with E-state index in [4.69, 9.17) is 0 Å². The largest absolute Gasteiger partial charge is 0.343 e. The van der Waals surface area contributed by atoms with Crippen molar-refractivity contribution in [2.24, 2.45) is 23.5 Å². The molecule has 5 heteroatoms. The number of nitrogens with two attached hydrogens (primary N) is 2. The average molecular weight is 186 g/mol. The van der Waals surface area contributed by atoms with Crippen molar-refractivity contribution in [3.8, 4) is 0 Å². The Kier molecular flexibility index (Phi) is 3.98. The van der Waals surface area contributed by atoms with Crippen LogP contribution in [0, 0.1) is 11.8 Å². The first-order chi connectivity index (χ1) is 6.26. The molecule has 0 unspecified atom stereocenters. The maximum absolute atomic E-state index is 9.71. The van der Waals surface area contributed by atoms with Gasteiger partial charge < -0.3 is 0 Å². The maximum atomic E-state index is 9.71. The van der Waals surface area contributed by atoms with Crippen molar-refractivity contribution < 1.29 is 4.79 Å². The van der Waals surface area contributed by atoms with Crippen molar-refractivity contribution in [1.82, 2.24) is 10.9 Å². The fourth-order valence-electron chi connectivity index (χ4n) is 2.22. The van der Waals surface area contributed by atoms with Crippen LogP contribution in [0.1, 0.15) is 32.1 Å². The summed E-state index contributed by atoms with van der Waals surface area (Å²) in [6, 6.07) is -0.602. The van der Waals surface area contributed by atoms with Crippen LogP contribution in [0.15, 0.2) is 0 Å². The van der Waals surface area contributed by atoms with E-state index in [2.05, 4.69) is 11.7 Å². The van der Waals surface area contributed by atoms with Gasteiger partial charge in [-0.2, -0.15) is 0 Å². The lowest BCUT2D eigenvalue weighted by Crippen LogP contribution is -2.43. The smallest absolute Gasteiger partial charge is 0.275 e. The molecule has 5 nitrogen and oxygen atoms in total. The molecule has 2 amide bonds. The van der Waals surface area contributed by atoms with E-state index in [1.165, 1.54) is 11.8 Å². The molecule has 0 atom stereocenters. The van der Waals surface area contributed by atoms with Gasteiger partial charge >= 0.3 is 6.03 Å². The summed E-state index contributed by atoms with van der Waals surface area (Å²) in [5.74, 6) is 11.4. The van der Waals surface area contributed by atoms with E-state index in [1.807, 2.05) is 0 Å². The Morgan fingerprint density at radius 1 is 1.00 bits per heavy atom. The summed E-state index contributed by atoms with van der Waals surface area (Å²) >= 11 is 0. The van der Waals surface area contributed by atoms with E-state index in [0.29, 0.717) is 0 Å². The molecule has 76 valence electrons. The average Bonchev–Trinajstić information content (AvgIpc) is 2.81. The van der Waals surface area contributed by atoms with Gasteiger partial charge in [-0.3, -0.25) is 10.9 Å². The molecule has 0 aromatic rings. The van der Waals surface area contributed by atoms with Gasteiger partial charge in [-0.1, -0.05) is 25.7 Å². The number of urea groups is 1. The topological polar surface area (TPSA) is 93.2 Å². The standard InChI is InChI=1S/C7H12.CH6N4O/c1-2-7-4-3-6(1)5-7;2-4-1(6)5-3/h6-7H,1-5H2;2-3H2,(H2,4,5,6). The van der Waals surface area contributed by atoms with Crippen LogP contribution in [0.2, 0.25) is 0 Å². The summed E-state index contributed by atoms with van der Waals surface area (Å²) in [4.78, 5) is 9.71. The molecule has 0 spiro atoms. The van der Waals surface area contributed by atoms with Crippen molar-refractivity contribution in [3.63, 3.8) is 0 Å². The summed E-state index contributed by atoms with van der Waals surface area (Å²) in [6.07, 6.45) is 7.82. The number of hydrogen-bond acceptors (Lipinski definition) is 3. The molecule has 2 aliphatic carbocycles. The van der Waals surface area contributed by atoms with Crippen molar-refractivity contribution in [3.05, 3.63) is 0 Å². The zero-order chi connectivity index (χ0) is 9.68. The number of rotatable bonds is 0. The molecule has 0 radical (unpaired) electrons.